The Kier molecular flexibility index (Phi) is 4.97. The first kappa shape index (κ1) is 20.2. The molecular weight excluding hydrogens is 304 g/mol. The Morgan fingerprint density at radius 2 is 0.958 bits per heavy atom. The number of hydrogen-bond donors (Lipinski definition) is 0. The predicted octanol–water partition coefficient (Wildman–Crippen LogP) is 2.31. The normalized spacial score (nSPS) is 13.0. The van der Waals surface area contributed by atoms with Gasteiger partial charge in [0.15, 0.2) is 0 Å². The summed E-state index contributed by atoms with van der Waals surface area (Å²) >= 11 is 0. The molecule has 0 aliphatic rings. The third-order valence-corrected chi connectivity index (χ3v) is 4.10. The number of carboxylic acid groups (broad SMARTS) is 2. The summed E-state index contributed by atoms with van der Waals surface area (Å²) in [6.45, 7) is 16.9. The van der Waals surface area contributed by atoms with Gasteiger partial charge in [-0.25, -0.2) is 0 Å². The fourth-order valence-corrected chi connectivity index (χ4v) is 3.04. The maximum absolute atomic E-state index is 11.9. The number of carbonyl (C=O) groups excluding carboxylic acids is 2. The minimum Gasteiger partial charge on any atom is -0.545 e. The van der Waals surface area contributed by atoms with Crippen molar-refractivity contribution in [1.82, 2.24) is 0 Å². The molecule has 0 saturated carbocycles. The van der Waals surface area contributed by atoms with E-state index in [1.165, 1.54) is 0 Å². The molecule has 1 rings (SSSR count). The van der Waals surface area contributed by atoms with Gasteiger partial charge >= 0.3 is 0 Å². The van der Waals surface area contributed by atoms with Crippen LogP contribution in [0.1, 0.15) is 99.7 Å². The van der Waals surface area contributed by atoms with Crippen molar-refractivity contribution >= 4 is 11.9 Å². The standard InChI is InChI=1S/C20H30O4/c1-18(2,3)11-10-12(19(4,5)6)14(17(23)24)15(20(7,8)9)13(11)16(21)22/h10H,1-9H3,(H,21,22)(H,23,24)/p-2. The summed E-state index contributed by atoms with van der Waals surface area (Å²) in [6.07, 6.45) is 0. The van der Waals surface area contributed by atoms with Crippen molar-refractivity contribution in [3.8, 4) is 0 Å². The second-order valence-corrected chi connectivity index (χ2v) is 9.42. The van der Waals surface area contributed by atoms with E-state index in [4.69, 9.17) is 0 Å². The summed E-state index contributed by atoms with van der Waals surface area (Å²) in [7, 11) is 0. The minimum absolute atomic E-state index is 0.0257. The molecule has 0 spiro atoms. The van der Waals surface area contributed by atoms with Crippen LogP contribution in [0.25, 0.3) is 0 Å². The maximum Gasteiger partial charge on any atom is 0.0721 e. The van der Waals surface area contributed by atoms with Gasteiger partial charge in [-0.2, -0.15) is 0 Å². The fourth-order valence-electron chi connectivity index (χ4n) is 3.04. The van der Waals surface area contributed by atoms with Gasteiger partial charge in [0, 0.05) is 11.1 Å². The Balaban J connectivity index is 4.28. The summed E-state index contributed by atoms with van der Waals surface area (Å²) in [5.74, 6) is -2.71. The van der Waals surface area contributed by atoms with Crippen LogP contribution in [0, 0.1) is 0 Å². The Hall–Kier alpha value is -1.84. The third-order valence-electron chi connectivity index (χ3n) is 4.10. The smallest absolute Gasteiger partial charge is 0.0721 e. The number of carboxylic acids is 2. The van der Waals surface area contributed by atoms with E-state index >= 15 is 0 Å². The maximum atomic E-state index is 11.9. The molecule has 0 unspecified atom stereocenters. The summed E-state index contributed by atoms with van der Waals surface area (Å²) < 4.78 is 0. The zero-order valence-electron chi connectivity index (χ0n) is 16.2. The highest BCUT2D eigenvalue weighted by molar-refractivity contribution is 5.98. The van der Waals surface area contributed by atoms with Crippen LogP contribution in [0.4, 0.5) is 0 Å². The Labute approximate surface area is 144 Å². The van der Waals surface area contributed by atoms with Gasteiger partial charge < -0.3 is 19.8 Å². The topological polar surface area (TPSA) is 80.3 Å². The number of aromatic carboxylic acids is 2. The van der Waals surface area contributed by atoms with Crippen LogP contribution in [0.2, 0.25) is 0 Å². The number of benzene rings is 1. The number of rotatable bonds is 2. The van der Waals surface area contributed by atoms with Crippen LogP contribution < -0.4 is 10.2 Å². The average molecular weight is 332 g/mol. The van der Waals surface area contributed by atoms with Crippen molar-refractivity contribution < 1.29 is 19.8 Å². The second kappa shape index (κ2) is 5.91. The average Bonchev–Trinajstić information content (AvgIpc) is 2.32. The van der Waals surface area contributed by atoms with Gasteiger partial charge in [0.05, 0.1) is 11.9 Å². The lowest BCUT2D eigenvalue weighted by molar-refractivity contribution is -0.255. The molecular formula is C20H28O4-2. The molecule has 0 amide bonds. The lowest BCUT2D eigenvalue weighted by atomic mass is 9.69. The van der Waals surface area contributed by atoms with E-state index in [-0.39, 0.29) is 16.7 Å². The van der Waals surface area contributed by atoms with Gasteiger partial charge in [-0.15, -0.1) is 0 Å². The number of hydrogen-bond acceptors (Lipinski definition) is 4. The quantitative estimate of drug-likeness (QED) is 0.832. The van der Waals surface area contributed by atoms with Gasteiger partial charge in [-0.1, -0.05) is 68.4 Å². The summed E-state index contributed by atoms with van der Waals surface area (Å²) in [4.78, 5) is 23.9. The van der Waals surface area contributed by atoms with Crippen molar-refractivity contribution in [2.24, 2.45) is 0 Å². The molecule has 0 saturated heterocycles. The van der Waals surface area contributed by atoms with Gasteiger partial charge in [-0.05, 0) is 32.9 Å². The minimum atomic E-state index is -1.35. The van der Waals surface area contributed by atoms with Crippen molar-refractivity contribution in [3.63, 3.8) is 0 Å². The SMILES string of the molecule is CC(C)(C)c1cc(C(C)(C)C)c(C(=O)[O-])c(C(C)(C)C)c1C(=O)[O-]. The summed E-state index contributed by atoms with van der Waals surface area (Å²) in [5.41, 5.74) is -0.236. The lowest BCUT2D eigenvalue weighted by Gasteiger charge is -2.37. The Morgan fingerprint density at radius 1 is 0.667 bits per heavy atom. The molecule has 0 bridgehead atoms. The largest absolute Gasteiger partial charge is 0.545 e. The summed E-state index contributed by atoms with van der Waals surface area (Å²) in [6, 6.07) is 1.70. The second-order valence-electron chi connectivity index (χ2n) is 9.42. The van der Waals surface area contributed by atoms with Crippen LogP contribution in [0.15, 0.2) is 6.07 Å². The molecule has 4 nitrogen and oxygen atoms in total. The van der Waals surface area contributed by atoms with Crippen LogP contribution >= 0.6 is 0 Å². The van der Waals surface area contributed by atoms with Crippen LogP contribution in [0.3, 0.4) is 0 Å². The predicted molar refractivity (Wildman–Crippen MR) is 91.2 cm³/mol. The zero-order chi connectivity index (χ0) is 19.2. The molecule has 0 heterocycles. The van der Waals surface area contributed by atoms with Gasteiger partial charge in [0.2, 0.25) is 0 Å². The Bertz CT molecular complexity index is 627. The third kappa shape index (κ3) is 3.80. The molecule has 1 aromatic rings. The fraction of sp³-hybridized carbons (Fsp3) is 0.600. The Morgan fingerprint density at radius 3 is 1.12 bits per heavy atom. The molecule has 4 heteroatoms. The molecule has 0 aliphatic heterocycles. The van der Waals surface area contributed by atoms with E-state index in [0.29, 0.717) is 11.1 Å². The molecule has 0 radical (unpaired) electrons. The molecule has 1 aromatic carbocycles. The first-order valence-corrected chi connectivity index (χ1v) is 8.14. The highest BCUT2D eigenvalue weighted by atomic mass is 16.4. The molecule has 0 fully saturated rings. The van der Waals surface area contributed by atoms with Crippen LogP contribution in [-0.2, 0) is 16.2 Å². The van der Waals surface area contributed by atoms with E-state index in [1.807, 2.05) is 41.5 Å². The molecule has 24 heavy (non-hydrogen) atoms. The molecule has 0 aliphatic carbocycles. The lowest BCUT2D eigenvalue weighted by Crippen LogP contribution is -2.38. The van der Waals surface area contributed by atoms with E-state index in [9.17, 15) is 19.8 Å². The molecule has 0 aromatic heterocycles. The van der Waals surface area contributed by atoms with Gasteiger partial charge in [0.25, 0.3) is 0 Å². The molecule has 0 atom stereocenters. The van der Waals surface area contributed by atoms with E-state index < -0.39 is 28.2 Å². The number of carbonyl (C=O) groups is 2. The first-order valence-electron chi connectivity index (χ1n) is 8.14. The zero-order valence-corrected chi connectivity index (χ0v) is 16.2. The highest BCUT2D eigenvalue weighted by Gasteiger charge is 2.33. The van der Waals surface area contributed by atoms with Crippen LogP contribution in [0.5, 0.6) is 0 Å². The van der Waals surface area contributed by atoms with E-state index in [2.05, 4.69) is 0 Å². The van der Waals surface area contributed by atoms with Crippen molar-refractivity contribution in [3.05, 3.63) is 33.9 Å². The van der Waals surface area contributed by atoms with Crippen molar-refractivity contribution in [2.45, 2.75) is 78.6 Å². The van der Waals surface area contributed by atoms with E-state index in [0.717, 1.165) is 0 Å². The van der Waals surface area contributed by atoms with Gasteiger partial charge in [0.1, 0.15) is 0 Å². The van der Waals surface area contributed by atoms with Crippen molar-refractivity contribution in [2.75, 3.05) is 0 Å². The van der Waals surface area contributed by atoms with Gasteiger partial charge in [-0.3, -0.25) is 0 Å². The summed E-state index contributed by atoms with van der Waals surface area (Å²) in [5, 5.41) is 23.9. The van der Waals surface area contributed by atoms with Crippen molar-refractivity contribution in [1.29, 1.82) is 0 Å². The van der Waals surface area contributed by atoms with E-state index in [1.54, 1.807) is 26.8 Å². The highest BCUT2D eigenvalue weighted by Crippen LogP contribution is 2.41. The first-order chi connectivity index (χ1) is 10.5. The molecule has 0 N–H and O–H groups in total. The molecule has 134 valence electrons. The van der Waals surface area contributed by atoms with Crippen LogP contribution in [-0.4, -0.2) is 11.9 Å². The monoisotopic (exact) mass is 332 g/mol.